The molecule has 1 saturated carbocycles. The van der Waals surface area contributed by atoms with Gasteiger partial charge in [-0.15, -0.1) is 0 Å². The molecule has 8 heteroatoms. The number of amides is 1. The van der Waals surface area contributed by atoms with Crippen LogP contribution in [0.25, 0.3) is 0 Å². The SMILES string of the molecule is C=CCOc1ccc(C(F)(F)F)cc1C(=O)N[C@@H]1C[C@@H](OCC)[C@@]12CCCO2. The Morgan fingerprint density at radius 3 is 2.86 bits per heavy atom. The van der Waals surface area contributed by atoms with Gasteiger partial charge in [0.05, 0.1) is 23.3 Å². The highest BCUT2D eigenvalue weighted by Crippen LogP contribution is 2.46. The number of halogens is 3. The normalized spacial score (nSPS) is 26.7. The summed E-state index contributed by atoms with van der Waals surface area (Å²) in [5.74, 6) is -0.549. The minimum Gasteiger partial charge on any atom is -0.489 e. The van der Waals surface area contributed by atoms with E-state index in [1.807, 2.05) is 6.92 Å². The zero-order chi connectivity index (χ0) is 20.4. The number of benzene rings is 1. The Morgan fingerprint density at radius 2 is 2.25 bits per heavy atom. The van der Waals surface area contributed by atoms with Gasteiger partial charge >= 0.3 is 6.18 Å². The lowest BCUT2D eigenvalue weighted by Gasteiger charge is -2.52. The van der Waals surface area contributed by atoms with Gasteiger partial charge in [0.25, 0.3) is 5.91 Å². The molecule has 1 aromatic carbocycles. The fourth-order valence-electron chi connectivity index (χ4n) is 3.87. The van der Waals surface area contributed by atoms with Gasteiger partial charge in [0.1, 0.15) is 18.0 Å². The van der Waals surface area contributed by atoms with E-state index in [1.54, 1.807) is 0 Å². The third-order valence-corrected chi connectivity index (χ3v) is 5.25. The highest BCUT2D eigenvalue weighted by Gasteiger charge is 2.59. The molecule has 2 fully saturated rings. The van der Waals surface area contributed by atoms with Crippen molar-refractivity contribution in [3.05, 3.63) is 42.0 Å². The van der Waals surface area contributed by atoms with Gasteiger partial charge in [-0.1, -0.05) is 12.7 Å². The van der Waals surface area contributed by atoms with Crippen molar-refractivity contribution >= 4 is 5.91 Å². The van der Waals surface area contributed by atoms with Crippen molar-refractivity contribution < 1.29 is 32.2 Å². The van der Waals surface area contributed by atoms with Gasteiger partial charge in [-0.05, 0) is 44.4 Å². The Balaban J connectivity index is 1.82. The summed E-state index contributed by atoms with van der Waals surface area (Å²) in [7, 11) is 0. The Hall–Kier alpha value is -2.06. The van der Waals surface area contributed by atoms with Crippen LogP contribution in [-0.4, -0.2) is 43.5 Å². The molecule has 1 N–H and O–H groups in total. The molecule has 5 nitrogen and oxygen atoms in total. The van der Waals surface area contributed by atoms with Crippen LogP contribution in [0.2, 0.25) is 0 Å². The molecule has 1 aromatic rings. The minimum absolute atomic E-state index is 0.0764. The maximum Gasteiger partial charge on any atom is 0.416 e. The highest BCUT2D eigenvalue weighted by molar-refractivity contribution is 5.97. The molecule has 3 atom stereocenters. The lowest BCUT2D eigenvalue weighted by atomic mass is 9.70. The summed E-state index contributed by atoms with van der Waals surface area (Å²) in [4.78, 5) is 12.8. The molecular formula is C20H24F3NO4. The van der Waals surface area contributed by atoms with Crippen molar-refractivity contribution in [2.45, 2.75) is 50.1 Å². The predicted octanol–water partition coefficient (Wildman–Crippen LogP) is 3.73. The first-order chi connectivity index (χ1) is 13.3. The Morgan fingerprint density at radius 1 is 1.46 bits per heavy atom. The molecule has 0 unspecified atom stereocenters. The summed E-state index contributed by atoms with van der Waals surface area (Å²) in [6, 6.07) is 2.55. The topological polar surface area (TPSA) is 56.8 Å². The number of hydrogen-bond acceptors (Lipinski definition) is 4. The van der Waals surface area contributed by atoms with Crippen molar-refractivity contribution in [2.24, 2.45) is 0 Å². The second-order valence-electron chi connectivity index (χ2n) is 6.92. The molecule has 2 aliphatic rings. The van der Waals surface area contributed by atoms with E-state index >= 15 is 0 Å². The first-order valence-electron chi connectivity index (χ1n) is 9.33. The number of rotatable bonds is 7. The Kier molecular flexibility index (Phi) is 6.00. The predicted molar refractivity (Wildman–Crippen MR) is 96.3 cm³/mol. The third-order valence-electron chi connectivity index (χ3n) is 5.25. The second-order valence-corrected chi connectivity index (χ2v) is 6.92. The summed E-state index contributed by atoms with van der Waals surface area (Å²) >= 11 is 0. The van der Waals surface area contributed by atoms with Gasteiger partial charge in [0.2, 0.25) is 0 Å². The van der Waals surface area contributed by atoms with E-state index < -0.39 is 23.2 Å². The third kappa shape index (κ3) is 3.89. The van der Waals surface area contributed by atoms with Crippen LogP contribution in [0.5, 0.6) is 5.75 Å². The van der Waals surface area contributed by atoms with Crippen LogP contribution < -0.4 is 10.1 Å². The van der Waals surface area contributed by atoms with E-state index in [-0.39, 0.29) is 30.1 Å². The molecule has 1 saturated heterocycles. The highest BCUT2D eigenvalue weighted by atomic mass is 19.4. The number of ether oxygens (including phenoxy) is 3. The zero-order valence-electron chi connectivity index (χ0n) is 15.7. The molecule has 1 spiro atoms. The largest absolute Gasteiger partial charge is 0.489 e. The van der Waals surface area contributed by atoms with Crippen molar-refractivity contribution in [1.82, 2.24) is 5.32 Å². The minimum atomic E-state index is -4.56. The van der Waals surface area contributed by atoms with Gasteiger partial charge in [-0.25, -0.2) is 0 Å². The Labute approximate surface area is 161 Å². The molecule has 28 heavy (non-hydrogen) atoms. The molecule has 1 heterocycles. The van der Waals surface area contributed by atoms with Gasteiger partial charge < -0.3 is 19.5 Å². The fourth-order valence-corrected chi connectivity index (χ4v) is 3.87. The number of carbonyl (C=O) groups is 1. The first kappa shape index (κ1) is 20.7. The van der Waals surface area contributed by atoms with Crippen LogP contribution >= 0.6 is 0 Å². The van der Waals surface area contributed by atoms with Crippen LogP contribution in [0.15, 0.2) is 30.9 Å². The first-order valence-corrected chi connectivity index (χ1v) is 9.33. The van der Waals surface area contributed by atoms with E-state index in [9.17, 15) is 18.0 Å². The average molecular weight is 399 g/mol. The lowest BCUT2D eigenvalue weighted by Crippen LogP contribution is -2.69. The molecule has 154 valence electrons. The molecule has 1 aliphatic heterocycles. The fraction of sp³-hybridized carbons (Fsp3) is 0.550. The van der Waals surface area contributed by atoms with E-state index in [4.69, 9.17) is 14.2 Å². The van der Waals surface area contributed by atoms with Crippen LogP contribution in [0.3, 0.4) is 0 Å². The van der Waals surface area contributed by atoms with Crippen LogP contribution in [0, 0.1) is 0 Å². The van der Waals surface area contributed by atoms with Crippen molar-refractivity contribution in [3.8, 4) is 5.75 Å². The van der Waals surface area contributed by atoms with Crippen LogP contribution in [0.4, 0.5) is 13.2 Å². The van der Waals surface area contributed by atoms with Gasteiger partial charge in [0, 0.05) is 13.2 Å². The van der Waals surface area contributed by atoms with Crippen molar-refractivity contribution in [1.29, 1.82) is 0 Å². The summed E-state index contributed by atoms with van der Waals surface area (Å²) in [5.41, 5.74) is -1.67. The summed E-state index contributed by atoms with van der Waals surface area (Å²) in [5, 5.41) is 2.83. The van der Waals surface area contributed by atoms with Crippen LogP contribution in [-0.2, 0) is 15.7 Å². The van der Waals surface area contributed by atoms with Crippen LogP contribution in [0.1, 0.15) is 42.1 Å². The number of nitrogens with one attached hydrogen (secondary N) is 1. The summed E-state index contributed by atoms with van der Waals surface area (Å²) in [6.45, 7) is 6.59. The van der Waals surface area contributed by atoms with E-state index in [0.29, 0.717) is 19.6 Å². The quantitative estimate of drug-likeness (QED) is 0.710. The molecule has 1 aliphatic carbocycles. The maximum atomic E-state index is 13.1. The molecule has 3 rings (SSSR count). The number of hydrogen-bond donors (Lipinski definition) is 1. The molecule has 0 bridgehead atoms. The average Bonchev–Trinajstić information content (AvgIpc) is 3.17. The summed E-state index contributed by atoms with van der Waals surface area (Å²) < 4.78 is 56.3. The molecule has 0 radical (unpaired) electrons. The maximum absolute atomic E-state index is 13.1. The number of alkyl halides is 3. The zero-order valence-corrected chi connectivity index (χ0v) is 15.7. The van der Waals surface area contributed by atoms with Gasteiger partial charge in [0.15, 0.2) is 0 Å². The Bertz CT molecular complexity index is 729. The standard InChI is InChI=1S/C20H24F3NO4/c1-3-9-27-15-7-6-13(20(21,22)23)11-14(15)18(25)24-16-12-17(26-4-2)19(16)8-5-10-28-19/h3,6-7,11,16-17H,1,4-5,8-10,12H2,2H3,(H,24,25)/t16-,17-,19-/m1/s1. The molecule has 0 aromatic heterocycles. The van der Waals surface area contributed by atoms with E-state index in [2.05, 4.69) is 11.9 Å². The number of carbonyl (C=O) groups excluding carboxylic acids is 1. The molecular weight excluding hydrogens is 375 g/mol. The van der Waals surface area contributed by atoms with Gasteiger partial charge in [-0.3, -0.25) is 4.79 Å². The second kappa shape index (κ2) is 8.13. The summed E-state index contributed by atoms with van der Waals surface area (Å²) in [6.07, 6.45) is -1.07. The van der Waals surface area contributed by atoms with Crippen molar-refractivity contribution in [3.63, 3.8) is 0 Å². The molecule has 1 amide bonds. The monoisotopic (exact) mass is 399 g/mol. The van der Waals surface area contributed by atoms with E-state index in [1.165, 1.54) is 6.08 Å². The lowest BCUT2D eigenvalue weighted by molar-refractivity contribution is -0.194. The van der Waals surface area contributed by atoms with E-state index in [0.717, 1.165) is 31.0 Å². The van der Waals surface area contributed by atoms with Gasteiger partial charge in [-0.2, -0.15) is 13.2 Å². The smallest absolute Gasteiger partial charge is 0.416 e. The van der Waals surface area contributed by atoms with Crippen molar-refractivity contribution in [2.75, 3.05) is 19.8 Å².